The fraction of sp³-hybridized carbons (Fsp3) is 0.0400. The molecule has 0 fully saturated rings. The Hall–Kier alpha value is -5.28. The maximum atomic E-state index is 4.91. The molecule has 0 heteroatoms. The van der Waals surface area contributed by atoms with Crippen molar-refractivity contribution in [3.63, 3.8) is 0 Å². The summed E-state index contributed by atoms with van der Waals surface area (Å²) in [6, 6.07) is 0. The third-order valence-corrected chi connectivity index (χ3v) is 1.45. The van der Waals surface area contributed by atoms with E-state index in [4.69, 9.17) is 6.42 Å². The van der Waals surface area contributed by atoms with E-state index in [1.807, 2.05) is 0 Å². The molecule has 0 saturated carbocycles. The van der Waals surface area contributed by atoms with Crippen molar-refractivity contribution in [3.05, 3.63) is 0 Å². The lowest BCUT2D eigenvalue weighted by Crippen LogP contribution is -1.56. The molecule has 0 bridgehead atoms. The molecule has 0 radical (unpaired) electrons. The second-order valence-electron chi connectivity index (χ2n) is 3.02. The van der Waals surface area contributed by atoms with E-state index < -0.39 is 0 Å². The predicted molar refractivity (Wildman–Crippen MR) is 100 cm³/mol. The summed E-state index contributed by atoms with van der Waals surface area (Å²) in [6.45, 7) is 1.69. The second kappa shape index (κ2) is 18.7. The van der Waals surface area contributed by atoms with E-state index in [0.29, 0.717) is 0 Å². The minimum Gasteiger partial charge on any atom is -0.106 e. The van der Waals surface area contributed by atoms with Crippen LogP contribution in [0.4, 0.5) is 0 Å². The Morgan fingerprint density at radius 3 is 0.720 bits per heavy atom. The molecular formula is C25H4. The Labute approximate surface area is 149 Å². The molecular weight excluding hydrogens is 300 g/mol. The fourth-order valence-electron chi connectivity index (χ4n) is 0.692. The van der Waals surface area contributed by atoms with E-state index in [1.165, 1.54) is 0 Å². The molecule has 0 aromatic carbocycles. The van der Waals surface area contributed by atoms with Gasteiger partial charge in [0.2, 0.25) is 0 Å². The first-order valence-electron chi connectivity index (χ1n) is 6.29. The Kier molecular flexibility index (Phi) is 14.8. The zero-order valence-electron chi connectivity index (χ0n) is 13.1. The van der Waals surface area contributed by atoms with Crippen molar-refractivity contribution >= 4 is 0 Å². The van der Waals surface area contributed by atoms with Crippen LogP contribution in [0.2, 0.25) is 0 Å². The Bertz CT molecular complexity index is 1240. The molecule has 0 amide bonds. The van der Waals surface area contributed by atoms with Gasteiger partial charge < -0.3 is 0 Å². The van der Waals surface area contributed by atoms with Gasteiger partial charge in [-0.2, -0.15) is 0 Å². The maximum absolute atomic E-state index is 4.91. The van der Waals surface area contributed by atoms with E-state index in [9.17, 15) is 0 Å². The van der Waals surface area contributed by atoms with Gasteiger partial charge in [0.25, 0.3) is 0 Å². The molecule has 0 aliphatic carbocycles. The smallest absolute Gasteiger partial charge is 0 e. The van der Waals surface area contributed by atoms with Crippen molar-refractivity contribution in [2.24, 2.45) is 0 Å². The molecule has 0 nitrogen and oxygen atoms in total. The molecule has 0 N–H and O–H groups in total. The first-order valence-corrected chi connectivity index (χ1v) is 6.29. The van der Waals surface area contributed by atoms with Crippen LogP contribution in [0, 0.1) is 143 Å². The lowest BCUT2D eigenvalue weighted by atomic mass is 10.4. The molecule has 0 saturated heterocycles. The van der Waals surface area contributed by atoms with Crippen LogP contribution in [0.15, 0.2) is 0 Å². The van der Waals surface area contributed by atoms with Gasteiger partial charge in [-0.3, -0.25) is 0 Å². The van der Waals surface area contributed by atoms with Crippen LogP contribution in [0.1, 0.15) is 6.92 Å². The topological polar surface area (TPSA) is 0 Å². The van der Waals surface area contributed by atoms with E-state index >= 15 is 0 Å². The highest BCUT2D eigenvalue weighted by molar-refractivity contribution is 5.47. The first-order chi connectivity index (χ1) is 12.4. The number of hydrogen-bond donors (Lipinski definition) is 0. The lowest BCUT2D eigenvalue weighted by Gasteiger charge is -1.57. The quantitative estimate of drug-likeness (QED) is 0.577. The van der Waals surface area contributed by atoms with Gasteiger partial charge in [0.15, 0.2) is 0 Å². The van der Waals surface area contributed by atoms with Crippen molar-refractivity contribution in [2.75, 3.05) is 0 Å². The summed E-state index contributed by atoms with van der Waals surface area (Å²) in [7, 11) is 0. The summed E-state index contributed by atoms with van der Waals surface area (Å²) in [4.78, 5) is 0. The third kappa shape index (κ3) is 18.7. The third-order valence-electron chi connectivity index (χ3n) is 1.45. The maximum Gasteiger partial charge on any atom is 0 e. The molecule has 0 aliphatic rings. The van der Waals surface area contributed by atoms with Gasteiger partial charge in [0.05, 0.1) is 0 Å². The zero-order chi connectivity index (χ0) is 18.3. The summed E-state index contributed by atoms with van der Waals surface area (Å²) in [5, 5.41) is 0. The minimum absolute atomic E-state index is 1.69. The van der Waals surface area contributed by atoms with E-state index in [-0.39, 0.29) is 0 Å². The molecule has 0 atom stereocenters. The Morgan fingerprint density at radius 2 is 0.520 bits per heavy atom. The van der Waals surface area contributed by atoms with Crippen molar-refractivity contribution < 1.29 is 0 Å². The largest absolute Gasteiger partial charge is 0.106 e. The highest BCUT2D eigenvalue weighted by Crippen LogP contribution is 1.59. The zero-order valence-corrected chi connectivity index (χ0v) is 13.1. The summed E-state index contributed by atoms with van der Waals surface area (Å²) in [5.41, 5.74) is 0. The van der Waals surface area contributed by atoms with Gasteiger partial charge >= 0.3 is 0 Å². The second-order valence-corrected chi connectivity index (χ2v) is 3.02. The minimum atomic E-state index is 1.69. The van der Waals surface area contributed by atoms with Gasteiger partial charge in [-0.05, 0) is 102 Å². The van der Waals surface area contributed by atoms with Crippen molar-refractivity contribution in [3.8, 4) is 143 Å². The SMILES string of the molecule is C#CC#CC#CC#CC#CC#CC#CC#CC#CC#CC#CC#CC. The molecule has 0 spiro atoms. The molecule has 0 aromatic rings. The summed E-state index contributed by atoms with van der Waals surface area (Å²) < 4.78 is 0. The van der Waals surface area contributed by atoms with Crippen LogP contribution >= 0.6 is 0 Å². The molecule has 104 valence electrons. The Balaban J connectivity index is 4.41. The summed E-state index contributed by atoms with van der Waals surface area (Å²) in [6.07, 6.45) is 4.91. The predicted octanol–water partition coefficient (Wildman–Crippen LogP) is 0.677. The number of rotatable bonds is 0. The normalized spacial score (nSPS) is 3.84. The fourth-order valence-corrected chi connectivity index (χ4v) is 0.692. The van der Waals surface area contributed by atoms with Crippen LogP contribution in [0.25, 0.3) is 0 Å². The Morgan fingerprint density at radius 1 is 0.320 bits per heavy atom. The van der Waals surface area contributed by atoms with E-state index in [2.05, 4.69) is 136 Å². The van der Waals surface area contributed by atoms with Gasteiger partial charge in [0.1, 0.15) is 0 Å². The van der Waals surface area contributed by atoms with Gasteiger partial charge in [-0.1, -0.05) is 5.92 Å². The standard InChI is InChI=1S/C25H4/c1-3-5-7-9-11-13-15-17-19-21-23-25-24-22-20-18-16-14-12-10-8-6-4-2/h1H,2H3. The van der Waals surface area contributed by atoms with Crippen LogP contribution in [0.3, 0.4) is 0 Å². The summed E-state index contributed by atoms with van der Waals surface area (Å²) in [5.74, 6) is 56.9. The van der Waals surface area contributed by atoms with E-state index in [0.717, 1.165) is 0 Å². The summed E-state index contributed by atoms with van der Waals surface area (Å²) >= 11 is 0. The molecule has 0 rings (SSSR count). The highest BCUT2D eigenvalue weighted by atomic mass is 13.6. The lowest BCUT2D eigenvalue weighted by molar-refractivity contribution is 1.92. The molecule has 0 unspecified atom stereocenters. The van der Waals surface area contributed by atoms with Crippen LogP contribution in [0.5, 0.6) is 0 Å². The molecule has 0 aromatic heterocycles. The number of terminal acetylenes is 1. The van der Waals surface area contributed by atoms with Crippen LogP contribution in [-0.2, 0) is 0 Å². The van der Waals surface area contributed by atoms with Crippen LogP contribution < -0.4 is 0 Å². The van der Waals surface area contributed by atoms with Crippen molar-refractivity contribution in [1.82, 2.24) is 0 Å². The van der Waals surface area contributed by atoms with Crippen molar-refractivity contribution in [1.29, 1.82) is 0 Å². The van der Waals surface area contributed by atoms with Gasteiger partial charge in [-0.15, -0.1) is 6.42 Å². The van der Waals surface area contributed by atoms with E-state index in [1.54, 1.807) is 6.92 Å². The van der Waals surface area contributed by atoms with Gasteiger partial charge in [0, 0.05) is 35.5 Å². The average molecular weight is 304 g/mol. The monoisotopic (exact) mass is 304 g/mol. The average Bonchev–Trinajstić information content (AvgIpc) is 2.63. The molecule has 0 heterocycles. The van der Waals surface area contributed by atoms with Gasteiger partial charge in [-0.25, -0.2) is 0 Å². The molecule has 25 heavy (non-hydrogen) atoms. The molecule has 0 aliphatic heterocycles. The highest BCUT2D eigenvalue weighted by Gasteiger charge is 1.58. The van der Waals surface area contributed by atoms with Crippen LogP contribution in [-0.4, -0.2) is 0 Å². The first kappa shape index (κ1) is 19.7. The van der Waals surface area contributed by atoms with Crippen molar-refractivity contribution in [2.45, 2.75) is 6.92 Å². The number of hydrogen-bond acceptors (Lipinski definition) is 0.